The van der Waals surface area contributed by atoms with Crippen LogP contribution in [0.2, 0.25) is 0 Å². The van der Waals surface area contributed by atoms with Gasteiger partial charge in [-0.3, -0.25) is 4.99 Å². The van der Waals surface area contributed by atoms with Crippen LogP contribution in [0, 0.1) is 17.8 Å². The number of nitrogens with zero attached hydrogens (tertiary/aromatic N) is 1. The molecule has 1 saturated heterocycles. The van der Waals surface area contributed by atoms with Gasteiger partial charge < -0.3 is 10.6 Å². The fourth-order valence-electron chi connectivity index (χ4n) is 4.05. The minimum Gasteiger partial charge on any atom is -0.354 e. The van der Waals surface area contributed by atoms with Crippen molar-refractivity contribution in [2.75, 3.05) is 18.1 Å². The van der Waals surface area contributed by atoms with Gasteiger partial charge in [-0.05, 0) is 56.3 Å². The smallest absolute Gasteiger partial charge is 0.191 e. The minimum absolute atomic E-state index is 0. The van der Waals surface area contributed by atoms with Crippen molar-refractivity contribution in [2.24, 2.45) is 22.7 Å². The van der Waals surface area contributed by atoms with Gasteiger partial charge in [0.05, 0.1) is 11.5 Å². The molecule has 1 heterocycles. The van der Waals surface area contributed by atoms with Gasteiger partial charge in [0.25, 0.3) is 0 Å². The molecule has 1 aliphatic heterocycles. The molecule has 0 bridgehead atoms. The van der Waals surface area contributed by atoms with Crippen LogP contribution in [0.4, 0.5) is 0 Å². The Hall–Kier alpha value is -0.0500. The second-order valence-electron chi connectivity index (χ2n) is 8.14. The highest BCUT2D eigenvalue weighted by Crippen LogP contribution is 2.28. The molecule has 0 radical (unpaired) electrons. The van der Waals surface area contributed by atoms with Gasteiger partial charge in [0.1, 0.15) is 0 Å². The van der Waals surface area contributed by atoms with E-state index in [2.05, 4.69) is 24.5 Å². The van der Waals surface area contributed by atoms with E-state index >= 15 is 0 Å². The Balaban J connectivity index is 0.00000208. The number of hydrogen-bond acceptors (Lipinski definition) is 3. The zero-order chi connectivity index (χ0) is 16.4. The van der Waals surface area contributed by atoms with Gasteiger partial charge in [-0.25, -0.2) is 8.42 Å². The number of hydrogen-bond donors (Lipinski definition) is 2. The number of nitrogens with one attached hydrogen (secondary N) is 2. The summed E-state index contributed by atoms with van der Waals surface area (Å²) < 4.78 is 23.2. The summed E-state index contributed by atoms with van der Waals surface area (Å²) >= 11 is 0. The maximum atomic E-state index is 11.6. The first kappa shape index (κ1) is 20.3. The Morgan fingerprint density at radius 1 is 1.00 bits per heavy atom. The van der Waals surface area contributed by atoms with E-state index in [4.69, 9.17) is 4.99 Å². The summed E-state index contributed by atoms with van der Waals surface area (Å²) in [5.41, 5.74) is 0. The van der Waals surface area contributed by atoms with Gasteiger partial charge in [0.15, 0.2) is 15.8 Å². The van der Waals surface area contributed by atoms with Gasteiger partial charge in [-0.2, -0.15) is 0 Å². The van der Waals surface area contributed by atoms with Crippen molar-refractivity contribution in [2.45, 2.75) is 64.5 Å². The van der Waals surface area contributed by atoms with Crippen LogP contribution >= 0.6 is 24.0 Å². The molecule has 140 valence electrons. The standard InChI is InChI=1S/C17H31N3O2S.HI/c1-12-7-13(2)9-16(8-12)20-17(19-15-3-4-15)18-10-14-5-6-23(21,22)11-14;/h12-16H,3-11H2,1-2H3,(H2,18,19,20);1H. The van der Waals surface area contributed by atoms with Crippen LogP contribution in [-0.4, -0.2) is 44.5 Å². The maximum absolute atomic E-state index is 11.6. The highest BCUT2D eigenvalue weighted by atomic mass is 127. The topological polar surface area (TPSA) is 70.6 Å². The van der Waals surface area contributed by atoms with Crippen LogP contribution in [0.15, 0.2) is 4.99 Å². The Bertz CT molecular complexity index is 538. The third-order valence-corrected chi connectivity index (χ3v) is 7.11. The average molecular weight is 469 g/mol. The fraction of sp³-hybridized carbons (Fsp3) is 0.941. The summed E-state index contributed by atoms with van der Waals surface area (Å²) in [5, 5.41) is 7.12. The van der Waals surface area contributed by atoms with E-state index in [1.165, 1.54) is 32.1 Å². The van der Waals surface area contributed by atoms with Gasteiger partial charge in [0.2, 0.25) is 0 Å². The summed E-state index contributed by atoms with van der Waals surface area (Å²) in [6.45, 7) is 5.29. The van der Waals surface area contributed by atoms with E-state index in [-0.39, 0.29) is 29.9 Å². The van der Waals surface area contributed by atoms with Crippen molar-refractivity contribution >= 4 is 39.8 Å². The summed E-state index contributed by atoms with van der Waals surface area (Å²) in [5.74, 6) is 3.27. The van der Waals surface area contributed by atoms with Gasteiger partial charge >= 0.3 is 0 Å². The van der Waals surface area contributed by atoms with Gasteiger partial charge in [-0.1, -0.05) is 13.8 Å². The molecule has 2 N–H and O–H groups in total. The van der Waals surface area contributed by atoms with Crippen LogP contribution in [0.5, 0.6) is 0 Å². The van der Waals surface area contributed by atoms with Crippen molar-refractivity contribution in [3.05, 3.63) is 0 Å². The highest BCUT2D eigenvalue weighted by Gasteiger charge is 2.29. The molecule has 2 aliphatic carbocycles. The monoisotopic (exact) mass is 469 g/mol. The van der Waals surface area contributed by atoms with E-state index in [0.717, 1.165) is 24.2 Å². The van der Waals surface area contributed by atoms with Crippen molar-refractivity contribution in [3.63, 3.8) is 0 Å². The fourth-order valence-corrected chi connectivity index (χ4v) is 5.90. The number of halogens is 1. The molecule has 0 spiro atoms. The summed E-state index contributed by atoms with van der Waals surface area (Å²) in [6.07, 6.45) is 6.92. The van der Waals surface area contributed by atoms with E-state index in [1.807, 2.05) is 0 Å². The quantitative estimate of drug-likeness (QED) is 0.377. The number of rotatable bonds is 4. The zero-order valence-electron chi connectivity index (χ0n) is 14.8. The summed E-state index contributed by atoms with van der Waals surface area (Å²) in [6, 6.07) is 1.05. The molecular weight excluding hydrogens is 437 g/mol. The van der Waals surface area contributed by atoms with Gasteiger partial charge in [-0.15, -0.1) is 24.0 Å². The van der Waals surface area contributed by atoms with Crippen LogP contribution in [0.3, 0.4) is 0 Å². The lowest BCUT2D eigenvalue weighted by molar-refractivity contribution is 0.255. The molecule has 3 fully saturated rings. The van der Waals surface area contributed by atoms with Crippen LogP contribution in [0.25, 0.3) is 0 Å². The SMILES string of the molecule is CC1CC(C)CC(NC(=NCC2CCS(=O)(=O)C2)NC2CC2)C1.I. The van der Waals surface area contributed by atoms with Crippen LogP contribution in [-0.2, 0) is 9.84 Å². The minimum atomic E-state index is -2.81. The summed E-state index contributed by atoms with van der Waals surface area (Å²) in [4.78, 5) is 4.73. The lowest BCUT2D eigenvalue weighted by atomic mass is 9.80. The summed E-state index contributed by atoms with van der Waals surface area (Å²) in [7, 11) is -2.81. The number of sulfone groups is 1. The first-order valence-electron chi connectivity index (χ1n) is 9.17. The predicted molar refractivity (Wildman–Crippen MR) is 110 cm³/mol. The molecule has 24 heavy (non-hydrogen) atoms. The molecule has 0 aromatic carbocycles. The molecular formula is C17H32IN3O2S. The molecule has 3 atom stereocenters. The average Bonchev–Trinajstić information content (AvgIpc) is 3.17. The van der Waals surface area contributed by atoms with Crippen molar-refractivity contribution in [3.8, 4) is 0 Å². The van der Waals surface area contributed by atoms with Crippen molar-refractivity contribution in [1.82, 2.24) is 10.6 Å². The van der Waals surface area contributed by atoms with Crippen molar-refractivity contribution in [1.29, 1.82) is 0 Å². The highest BCUT2D eigenvalue weighted by molar-refractivity contribution is 14.0. The van der Waals surface area contributed by atoms with E-state index < -0.39 is 9.84 Å². The van der Waals surface area contributed by atoms with E-state index in [9.17, 15) is 8.42 Å². The first-order valence-corrected chi connectivity index (χ1v) is 11.0. The molecule has 0 amide bonds. The van der Waals surface area contributed by atoms with Crippen LogP contribution in [0.1, 0.15) is 52.4 Å². The predicted octanol–water partition coefficient (Wildman–Crippen LogP) is 2.56. The molecule has 5 nitrogen and oxygen atoms in total. The molecule has 0 aromatic heterocycles. The largest absolute Gasteiger partial charge is 0.354 e. The number of guanidine groups is 1. The second kappa shape index (κ2) is 8.56. The normalized spacial score (nSPS) is 36.0. The third kappa shape index (κ3) is 6.35. The Morgan fingerprint density at radius 3 is 2.17 bits per heavy atom. The molecule has 3 unspecified atom stereocenters. The van der Waals surface area contributed by atoms with Crippen LogP contribution < -0.4 is 10.6 Å². The Kier molecular flexibility index (Phi) is 7.22. The first-order chi connectivity index (χ1) is 10.9. The molecule has 3 aliphatic rings. The Labute approximate surface area is 163 Å². The van der Waals surface area contributed by atoms with Gasteiger partial charge in [0, 0.05) is 18.6 Å². The van der Waals surface area contributed by atoms with E-state index in [1.54, 1.807) is 0 Å². The van der Waals surface area contributed by atoms with Crippen molar-refractivity contribution < 1.29 is 8.42 Å². The molecule has 3 rings (SSSR count). The number of aliphatic imine (C=N–C) groups is 1. The zero-order valence-corrected chi connectivity index (χ0v) is 18.0. The third-order valence-electron chi connectivity index (χ3n) is 5.27. The Morgan fingerprint density at radius 2 is 1.62 bits per heavy atom. The molecule has 0 aromatic rings. The maximum Gasteiger partial charge on any atom is 0.191 e. The lowest BCUT2D eigenvalue weighted by Crippen LogP contribution is -2.47. The molecule has 2 saturated carbocycles. The lowest BCUT2D eigenvalue weighted by Gasteiger charge is -2.33. The van der Waals surface area contributed by atoms with E-state index in [0.29, 0.717) is 30.1 Å². The second-order valence-corrected chi connectivity index (χ2v) is 10.4. The molecule has 7 heteroatoms.